The minimum atomic E-state index is -0.670. The highest BCUT2D eigenvalue weighted by molar-refractivity contribution is 6.00. The monoisotopic (exact) mass is 472 g/mol. The third-order valence-electron chi connectivity index (χ3n) is 5.91. The Hall–Kier alpha value is -4.61. The van der Waals surface area contributed by atoms with Gasteiger partial charge in [-0.25, -0.2) is 9.20 Å². The van der Waals surface area contributed by atoms with Crippen LogP contribution in [-0.2, 0) is 9.53 Å². The van der Waals surface area contributed by atoms with Gasteiger partial charge in [-0.3, -0.25) is 9.59 Å². The molecule has 11 nitrogen and oxygen atoms in total. The molecule has 1 aliphatic heterocycles. The van der Waals surface area contributed by atoms with Crippen LogP contribution in [0.3, 0.4) is 0 Å². The van der Waals surface area contributed by atoms with Crippen molar-refractivity contribution < 1.29 is 14.3 Å². The minimum Gasteiger partial charge on any atom is -0.383 e. The minimum absolute atomic E-state index is 0.157. The number of likely N-dealkylation sites (tertiary alicyclic amines) is 1. The van der Waals surface area contributed by atoms with E-state index in [-0.39, 0.29) is 29.2 Å². The number of nitrogens with one attached hydrogen (secondary N) is 1. The Morgan fingerprint density at radius 2 is 2.20 bits per heavy atom. The zero-order valence-corrected chi connectivity index (χ0v) is 19.4. The number of ether oxygens (including phenoxy) is 1. The number of hydrogen-bond acceptors (Lipinski definition) is 7. The summed E-state index contributed by atoms with van der Waals surface area (Å²) in [5.74, 6) is 5.50. The number of carbonyl (C=O) groups is 2. The SMILES string of the molecule is C=CC(=O)N1C[C@@H](n2nc(C#Cc3ccc4c(C#N)cnn4c3)c(C(N)=O)c2NC)C[C@@H]1COC. The molecule has 3 N–H and O–H groups in total. The second-order valence-electron chi connectivity index (χ2n) is 7.99. The van der Waals surface area contributed by atoms with E-state index in [1.165, 1.54) is 12.3 Å². The molecule has 2 amide bonds. The fraction of sp³-hybridized carbons (Fsp3) is 0.292. The van der Waals surface area contributed by atoms with Crippen LogP contribution in [0.4, 0.5) is 5.82 Å². The molecule has 35 heavy (non-hydrogen) atoms. The van der Waals surface area contributed by atoms with Gasteiger partial charge < -0.3 is 20.7 Å². The smallest absolute Gasteiger partial charge is 0.255 e. The van der Waals surface area contributed by atoms with Crippen LogP contribution in [0.25, 0.3) is 5.52 Å². The Balaban J connectivity index is 1.72. The zero-order valence-electron chi connectivity index (χ0n) is 19.4. The highest BCUT2D eigenvalue weighted by Crippen LogP contribution is 2.32. The van der Waals surface area contributed by atoms with Gasteiger partial charge in [0.1, 0.15) is 17.5 Å². The number of nitriles is 1. The van der Waals surface area contributed by atoms with Crippen molar-refractivity contribution in [3.63, 3.8) is 0 Å². The van der Waals surface area contributed by atoms with Crippen LogP contribution in [0.2, 0.25) is 0 Å². The molecule has 0 aromatic carbocycles. The summed E-state index contributed by atoms with van der Waals surface area (Å²) in [6, 6.07) is 5.22. The number of carbonyl (C=O) groups excluding carboxylic acids is 2. The number of nitrogens with zero attached hydrogens (tertiary/aromatic N) is 6. The number of methoxy groups -OCH3 is 1. The molecule has 11 heteroatoms. The maximum atomic E-state index is 12.4. The molecule has 0 bridgehead atoms. The highest BCUT2D eigenvalue weighted by atomic mass is 16.5. The van der Waals surface area contributed by atoms with E-state index >= 15 is 0 Å². The molecular weight excluding hydrogens is 448 g/mol. The van der Waals surface area contributed by atoms with Crippen LogP contribution in [0.5, 0.6) is 0 Å². The van der Waals surface area contributed by atoms with Gasteiger partial charge in [0.2, 0.25) is 5.91 Å². The fourth-order valence-electron chi connectivity index (χ4n) is 4.34. The first kappa shape index (κ1) is 23.5. The summed E-state index contributed by atoms with van der Waals surface area (Å²) in [6.07, 6.45) is 5.02. The van der Waals surface area contributed by atoms with E-state index in [1.54, 1.807) is 46.6 Å². The molecule has 4 heterocycles. The van der Waals surface area contributed by atoms with Crippen molar-refractivity contribution in [1.82, 2.24) is 24.3 Å². The number of rotatable bonds is 6. The van der Waals surface area contributed by atoms with Crippen LogP contribution in [-0.4, -0.2) is 69.5 Å². The topological polar surface area (TPSA) is 144 Å². The molecule has 0 spiro atoms. The molecule has 1 aliphatic rings. The summed E-state index contributed by atoms with van der Waals surface area (Å²) in [5, 5.41) is 20.9. The van der Waals surface area contributed by atoms with Crippen LogP contribution in [0, 0.1) is 23.2 Å². The van der Waals surface area contributed by atoms with Crippen molar-refractivity contribution in [3.8, 4) is 17.9 Å². The first-order valence-electron chi connectivity index (χ1n) is 10.8. The van der Waals surface area contributed by atoms with Gasteiger partial charge in [-0.1, -0.05) is 12.5 Å². The summed E-state index contributed by atoms with van der Waals surface area (Å²) in [7, 11) is 3.25. The van der Waals surface area contributed by atoms with Crippen molar-refractivity contribution in [1.29, 1.82) is 5.26 Å². The molecule has 178 valence electrons. The lowest BCUT2D eigenvalue weighted by atomic mass is 10.1. The Morgan fingerprint density at radius 1 is 1.40 bits per heavy atom. The van der Waals surface area contributed by atoms with E-state index < -0.39 is 5.91 Å². The van der Waals surface area contributed by atoms with E-state index in [4.69, 9.17) is 15.7 Å². The standard InChI is InChI=1S/C24H24N8O3/c1-4-21(33)30-13-17(9-18(30)14-35-3)32-24(27-2)22(23(26)34)19(29-32)7-5-15-6-8-20-16(10-25)11-28-31(20)12-15/h4,6,8,11-12,17-18,27H,1,9,13-14H2,2-3H3,(H2,26,34)/t17-,18+/m0/s1. The van der Waals surface area contributed by atoms with Crippen molar-refractivity contribution in [2.75, 3.05) is 32.6 Å². The quantitative estimate of drug-likeness (QED) is 0.401. The average molecular weight is 473 g/mol. The van der Waals surface area contributed by atoms with E-state index in [1.807, 2.05) is 0 Å². The molecule has 1 saturated heterocycles. The van der Waals surface area contributed by atoms with Crippen molar-refractivity contribution in [2.24, 2.45) is 5.73 Å². The van der Waals surface area contributed by atoms with Crippen LogP contribution >= 0.6 is 0 Å². The van der Waals surface area contributed by atoms with Gasteiger partial charge in [0.05, 0.1) is 36.0 Å². The Bertz CT molecular complexity index is 1420. The Labute approximate surface area is 201 Å². The summed E-state index contributed by atoms with van der Waals surface area (Å²) in [6.45, 7) is 4.32. The lowest BCUT2D eigenvalue weighted by Crippen LogP contribution is -2.37. The zero-order chi connectivity index (χ0) is 25.1. The van der Waals surface area contributed by atoms with Crippen LogP contribution < -0.4 is 11.1 Å². The predicted octanol–water partition coefficient (Wildman–Crippen LogP) is 0.917. The molecule has 0 saturated carbocycles. The van der Waals surface area contributed by atoms with Gasteiger partial charge in [-0.2, -0.15) is 15.5 Å². The molecule has 0 unspecified atom stereocenters. The van der Waals surface area contributed by atoms with Crippen molar-refractivity contribution in [2.45, 2.75) is 18.5 Å². The second-order valence-corrected chi connectivity index (χ2v) is 7.99. The predicted molar refractivity (Wildman–Crippen MR) is 127 cm³/mol. The van der Waals surface area contributed by atoms with Gasteiger partial charge in [0.15, 0.2) is 5.69 Å². The maximum absolute atomic E-state index is 12.4. The fourth-order valence-corrected chi connectivity index (χ4v) is 4.34. The number of fused-ring (bicyclic) bond motifs is 1. The van der Waals surface area contributed by atoms with Crippen molar-refractivity contribution >= 4 is 23.1 Å². The number of nitrogens with two attached hydrogens (primary N) is 1. The molecule has 2 atom stereocenters. The molecule has 3 aromatic rings. The van der Waals surface area contributed by atoms with E-state index in [9.17, 15) is 9.59 Å². The number of amides is 2. The normalized spacial score (nSPS) is 17.0. The molecule has 1 fully saturated rings. The largest absolute Gasteiger partial charge is 0.383 e. The first-order chi connectivity index (χ1) is 16.9. The molecule has 0 radical (unpaired) electrons. The third kappa shape index (κ3) is 4.33. The Morgan fingerprint density at radius 3 is 2.86 bits per heavy atom. The molecular formula is C24H24N8O3. The summed E-state index contributed by atoms with van der Waals surface area (Å²) in [5.41, 5.74) is 7.83. The second kappa shape index (κ2) is 9.71. The van der Waals surface area contributed by atoms with Gasteiger partial charge in [0.25, 0.3) is 5.91 Å². The van der Waals surface area contributed by atoms with Gasteiger partial charge in [-0.15, -0.1) is 0 Å². The summed E-state index contributed by atoms with van der Waals surface area (Å²) < 4.78 is 8.52. The third-order valence-corrected chi connectivity index (χ3v) is 5.91. The summed E-state index contributed by atoms with van der Waals surface area (Å²) >= 11 is 0. The maximum Gasteiger partial charge on any atom is 0.255 e. The van der Waals surface area contributed by atoms with Gasteiger partial charge >= 0.3 is 0 Å². The average Bonchev–Trinajstić information content (AvgIpc) is 3.56. The number of aromatic nitrogens is 4. The van der Waals surface area contributed by atoms with E-state index in [2.05, 4.69) is 40.0 Å². The van der Waals surface area contributed by atoms with Gasteiger partial charge in [-0.05, 0) is 30.6 Å². The first-order valence-corrected chi connectivity index (χ1v) is 10.8. The van der Waals surface area contributed by atoms with Crippen LogP contribution in [0.1, 0.15) is 39.6 Å². The number of pyridine rings is 1. The van der Waals surface area contributed by atoms with Gasteiger partial charge in [0, 0.05) is 32.5 Å². The highest BCUT2D eigenvalue weighted by Gasteiger charge is 2.37. The lowest BCUT2D eigenvalue weighted by molar-refractivity contribution is -0.127. The van der Waals surface area contributed by atoms with Crippen molar-refractivity contribution in [3.05, 3.63) is 59.6 Å². The molecule has 0 aliphatic carbocycles. The molecule has 4 rings (SSSR count). The number of primary amides is 1. The van der Waals surface area contributed by atoms with E-state index in [0.717, 1.165) is 0 Å². The molecule has 3 aromatic heterocycles. The Kier molecular flexibility index (Phi) is 6.53. The lowest BCUT2D eigenvalue weighted by Gasteiger charge is -2.22. The van der Waals surface area contributed by atoms with Crippen LogP contribution in [0.15, 0.2) is 37.2 Å². The van der Waals surface area contributed by atoms with E-state index in [0.29, 0.717) is 42.0 Å². The number of anilines is 1. The number of hydrogen-bond donors (Lipinski definition) is 2. The summed E-state index contributed by atoms with van der Waals surface area (Å²) in [4.78, 5) is 26.4.